The molecule has 0 fully saturated rings. The standard InChI is InChI=1S/C11H16Br2N2O3/c1-7(11(16)14-3-4-17-2)15-6-8-5-9(12)10(13)18-8/h5,7,15H,3-4,6H2,1-2H3,(H,14,16). The van der Waals surface area contributed by atoms with E-state index in [1.165, 1.54) is 0 Å². The Bertz CT molecular complexity index is 376. The van der Waals surface area contributed by atoms with Crippen molar-refractivity contribution in [1.29, 1.82) is 0 Å². The van der Waals surface area contributed by atoms with Crippen LogP contribution in [-0.2, 0) is 16.1 Å². The second-order valence-corrected chi connectivity index (χ2v) is 5.30. The average Bonchev–Trinajstić information content (AvgIpc) is 2.66. The highest BCUT2D eigenvalue weighted by Crippen LogP contribution is 2.26. The first kappa shape index (κ1) is 15.7. The third-order valence-electron chi connectivity index (χ3n) is 2.28. The molecule has 0 aliphatic carbocycles. The molecule has 0 saturated carbocycles. The van der Waals surface area contributed by atoms with Crippen LogP contribution in [0.5, 0.6) is 0 Å². The van der Waals surface area contributed by atoms with Gasteiger partial charge < -0.3 is 14.5 Å². The minimum absolute atomic E-state index is 0.0586. The molecule has 0 saturated heterocycles. The van der Waals surface area contributed by atoms with Gasteiger partial charge in [-0.05, 0) is 44.8 Å². The average molecular weight is 384 g/mol. The van der Waals surface area contributed by atoms with E-state index >= 15 is 0 Å². The summed E-state index contributed by atoms with van der Waals surface area (Å²) in [5.41, 5.74) is 0. The van der Waals surface area contributed by atoms with Crippen molar-refractivity contribution in [3.8, 4) is 0 Å². The lowest BCUT2D eigenvalue weighted by molar-refractivity contribution is -0.123. The molecule has 0 aliphatic rings. The summed E-state index contributed by atoms with van der Waals surface area (Å²) in [7, 11) is 1.60. The summed E-state index contributed by atoms with van der Waals surface area (Å²) in [4.78, 5) is 11.6. The van der Waals surface area contributed by atoms with Crippen LogP contribution in [-0.4, -0.2) is 32.2 Å². The van der Waals surface area contributed by atoms with Crippen LogP contribution in [0.4, 0.5) is 0 Å². The smallest absolute Gasteiger partial charge is 0.236 e. The first-order chi connectivity index (χ1) is 8.54. The number of hydrogen-bond donors (Lipinski definition) is 2. The number of methoxy groups -OCH3 is 1. The van der Waals surface area contributed by atoms with Crippen molar-refractivity contribution in [3.63, 3.8) is 0 Å². The summed E-state index contributed by atoms with van der Waals surface area (Å²) in [5.74, 6) is 0.696. The molecule has 1 amide bonds. The zero-order valence-electron chi connectivity index (χ0n) is 10.3. The van der Waals surface area contributed by atoms with Crippen molar-refractivity contribution in [2.75, 3.05) is 20.3 Å². The van der Waals surface area contributed by atoms with Gasteiger partial charge in [-0.15, -0.1) is 0 Å². The Morgan fingerprint density at radius 2 is 2.28 bits per heavy atom. The molecule has 2 N–H and O–H groups in total. The van der Waals surface area contributed by atoms with Gasteiger partial charge in [0.2, 0.25) is 5.91 Å². The Morgan fingerprint density at radius 3 is 2.83 bits per heavy atom. The van der Waals surface area contributed by atoms with E-state index in [-0.39, 0.29) is 11.9 Å². The Hall–Kier alpha value is -0.370. The predicted molar refractivity (Wildman–Crippen MR) is 75.3 cm³/mol. The van der Waals surface area contributed by atoms with Crippen molar-refractivity contribution >= 4 is 37.8 Å². The number of furan rings is 1. The zero-order valence-corrected chi connectivity index (χ0v) is 13.4. The van der Waals surface area contributed by atoms with Crippen LogP contribution in [0, 0.1) is 0 Å². The molecule has 102 valence electrons. The largest absolute Gasteiger partial charge is 0.452 e. The number of hydrogen-bond acceptors (Lipinski definition) is 4. The summed E-state index contributed by atoms with van der Waals surface area (Å²) in [6.45, 7) is 3.31. The molecule has 1 atom stereocenters. The van der Waals surface area contributed by atoms with Crippen LogP contribution in [0.2, 0.25) is 0 Å². The van der Waals surface area contributed by atoms with Crippen LogP contribution in [0.1, 0.15) is 12.7 Å². The topological polar surface area (TPSA) is 63.5 Å². The van der Waals surface area contributed by atoms with E-state index < -0.39 is 0 Å². The van der Waals surface area contributed by atoms with Gasteiger partial charge in [0.15, 0.2) is 4.67 Å². The lowest BCUT2D eigenvalue weighted by Crippen LogP contribution is -2.42. The fourth-order valence-corrected chi connectivity index (χ4v) is 1.91. The third kappa shape index (κ3) is 5.09. The van der Waals surface area contributed by atoms with Gasteiger partial charge in [-0.2, -0.15) is 0 Å². The molecule has 1 heterocycles. The Morgan fingerprint density at radius 1 is 1.56 bits per heavy atom. The zero-order chi connectivity index (χ0) is 13.5. The maximum Gasteiger partial charge on any atom is 0.236 e. The normalized spacial score (nSPS) is 12.4. The molecule has 0 bridgehead atoms. The quantitative estimate of drug-likeness (QED) is 0.707. The molecular formula is C11H16Br2N2O3. The summed E-state index contributed by atoms with van der Waals surface area (Å²) in [6, 6.07) is 1.57. The van der Waals surface area contributed by atoms with Gasteiger partial charge in [-0.3, -0.25) is 10.1 Å². The number of halogens is 2. The summed E-state index contributed by atoms with van der Waals surface area (Å²) < 4.78 is 11.8. The van der Waals surface area contributed by atoms with Crippen molar-refractivity contribution in [3.05, 3.63) is 21.0 Å². The summed E-state index contributed by atoms with van der Waals surface area (Å²) in [6.07, 6.45) is 0. The monoisotopic (exact) mass is 382 g/mol. The van der Waals surface area contributed by atoms with E-state index in [0.717, 1.165) is 10.2 Å². The van der Waals surface area contributed by atoms with Gasteiger partial charge >= 0.3 is 0 Å². The highest BCUT2D eigenvalue weighted by Gasteiger charge is 2.13. The highest BCUT2D eigenvalue weighted by atomic mass is 79.9. The number of amides is 1. The molecular weight excluding hydrogens is 368 g/mol. The van der Waals surface area contributed by atoms with E-state index in [1.807, 2.05) is 6.07 Å². The molecule has 0 spiro atoms. The Labute approximate surface area is 123 Å². The minimum atomic E-state index is -0.287. The molecule has 1 rings (SSSR count). The first-order valence-electron chi connectivity index (χ1n) is 5.48. The number of nitrogens with one attached hydrogen (secondary N) is 2. The second kappa shape index (κ2) is 7.93. The van der Waals surface area contributed by atoms with Gasteiger partial charge in [0, 0.05) is 13.7 Å². The van der Waals surface area contributed by atoms with E-state index in [1.54, 1.807) is 14.0 Å². The summed E-state index contributed by atoms with van der Waals surface area (Å²) in [5, 5.41) is 5.84. The third-order valence-corrected chi connectivity index (χ3v) is 3.99. The van der Waals surface area contributed by atoms with Crippen LogP contribution >= 0.6 is 31.9 Å². The number of ether oxygens (including phenoxy) is 1. The van der Waals surface area contributed by atoms with E-state index in [0.29, 0.717) is 24.4 Å². The van der Waals surface area contributed by atoms with E-state index in [4.69, 9.17) is 9.15 Å². The maximum absolute atomic E-state index is 11.6. The molecule has 18 heavy (non-hydrogen) atoms. The number of rotatable bonds is 7. The molecule has 1 unspecified atom stereocenters. The highest BCUT2D eigenvalue weighted by molar-refractivity contribution is 9.13. The van der Waals surface area contributed by atoms with Crippen molar-refractivity contribution in [2.45, 2.75) is 19.5 Å². The van der Waals surface area contributed by atoms with Crippen molar-refractivity contribution in [2.24, 2.45) is 0 Å². The van der Waals surface area contributed by atoms with Gasteiger partial charge in [0.25, 0.3) is 0 Å². The summed E-state index contributed by atoms with van der Waals surface area (Å²) >= 11 is 6.59. The van der Waals surface area contributed by atoms with E-state index in [9.17, 15) is 4.79 Å². The molecule has 0 radical (unpaired) electrons. The van der Waals surface area contributed by atoms with Crippen LogP contribution in [0.25, 0.3) is 0 Å². The second-order valence-electron chi connectivity index (χ2n) is 3.72. The van der Waals surface area contributed by atoms with Gasteiger partial charge in [-0.25, -0.2) is 0 Å². The van der Waals surface area contributed by atoms with Crippen LogP contribution in [0.15, 0.2) is 19.6 Å². The van der Waals surface area contributed by atoms with Gasteiger partial charge in [-0.1, -0.05) is 0 Å². The minimum Gasteiger partial charge on any atom is -0.452 e. The first-order valence-corrected chi connectivity index (χ1v) is 7.07. The SMILES string of the molecule is COCCNC(=O)C(C)NCc1cc(Br)c(Br)o1. The van der Waals surface area contributed by atoms with Crippen molar-refractivity contribution in [1.82, 2.24) is 10.6 Å². The predicted octanol–water partition coefficient (Wildman–Crippen LogP) is 2.05. The lowest BCUT2D eigenvalue weighted by Gasteiger charge is -2.12. The molecule has 1 aromatic heterocycles. The number of carbonyl (C=O) groups is 1. The van der Waals surface area contributed by atoms with Gasteiger partial charge in [0.05, 0.1) is 23.7 Å². The van der Waals surface area contributed by atoms with Crippen molar-refractivity contribution < 1.29 is 13.9 Å². The fraction of sp³-hybridized carbons (Fsp3) is 0.545. The van der Waals surface area contributed by atoms with Gasteiger partial charge in [0.1, 0.15) is 5.76 Å². The molecule has 0 aliphatic heterocycles. The molecule has 1 aromatic rings. The molecule has 7 heteroatoms. The van der Waals surface area contributed by atoms with Crippen LogP contribution < -0.4 is 10.6 Å². The Kier molecular flexibility index (Phi) is 6.91. The lowest BCUT2D eigenvalue weighted by atomic mass is 10.3. The number of carbonyl (C=O) groups excluding carboxylic acids is 1. The molecule has 5 nitrogen and oxygen atoms in total. The Balaban J connectivity index is 2.31. The molecule has 0 aromatic carbocycles. The van der Waals surface area contributed by atoms with Crippen LogP contribution in [0.3, 0.4) is 0 Å². The van der Waals surface area contributed by atoms with E-state index in [2.05, 4.69) is 42.5 Å². The fourth-order valence-electron chi connectivity index (χ4n) is 1.25. The maximum atomic E-state index is 11.6.